The summed E-state index contributed by atoms with van der Waals surface area (Å²) in [5.41, 5.74) is 2.11. The van der Waals surface area contributed by atoms with E-state index in [1.54, 1.807) is 12.1 Å². The van der Waals surface area contributed by atoms with E-state index >= 15 is 0 Å². The van der Waals surface area contributed by atoms with E-state index in [1.807, 2.05) is 32.9 Å². The highest BCUT2D eigenvalue weighted by Gasteiger charge is 2.23. The molecule has 1 aromatic rings. The van der Waals surface area contributed by atoms with Gasteiger partial charge in [-0.1, -0.05) is 19.9 Å². The third-order valence-electron chi connectivity index (χ3n) is 2.39. The van der Waals surface area contributed by atoms with E-state index in [0.29, 0.717) is 18.1 Å². The lowest BCUT2D eigenvalue weighted by Gasteiger charge is -2.21. The largest absolute Gasteiger partial charge is 0.494 e. The normalized spacial score (nSPS) is 12.1. The number of benzene rings is 1. The van der Waals surface area contributed by atoms with Crippen molar-refractivity contribution >= 4 is 5.91 Å². The van der Waals surface area contributed by atoms with Crippen molar-refractivity contribution in [2.75, 3.05) is 6.61 Å². The van der Waals surface area contributed by atoms with E-state index in [9.17, 15) is 4.79 Å². The summed E-state index contributed by atoms with van der Waals surface area (Å²) in [7, 11) is 0. The first-order chi connectivity index (χ1) is 8.58. The zero-order chi connectivity index (χ0) is 13.5. The van der Waals surface area contributed by atoms with Crippen molar-refractivity contribution in [3.05, 3.63) is 24.3 Å². The van der Waals surface area contributed by atoms with Gasteiger partial charge in [0.05, 0.1) is 6.61 Å². The monoisotopic (exact) mass is 252 g/mol. The number of rotatable bonds is 6. The van der Waals surface area contributed by atoms with Crippen molar-refractivity contribution in [2.45, 2.75) is 26.9 Å². The van der Waals surface area contributed by atoms with Gasteiger partial charge in [-0.15, -0.1) is 0 Å². The molecule has 3 N–H and O–H groups in total. The minimum atomic E-state index is -0.619. The van der Waals surface area contributed by atoms with Gasteiger partial charge in [0.1, 0.15) is 11.5 Å². The van der Waals surface area contributed by atoms with Crippen molar-refractivity contribution in [2.24, 2.45) is 11.8 Å². The molecule has 0 aliphatic rings. The standard InChI is InChI=1S/C13H20N2O3/c1-4-17-10-6-5-7-11(8-10)18-12(9(2)3)13(16)15-14/h5-9,12H,4,14H2,1-3H3,(H,15,16). The van der Waals surface area contributed by atoms with Crippen LogP contribution in [0.15, 0.2) is 24.3 Å². The molecule has 1 aromatic carbocycles. The topological polar surface area (TPSA) is 73.6 Å². The summed E-state index contributed by atoms with van der Waals surface area (Å²) in [5.74, 6) is 6.11. The number of amides is 1. The molecule has 18 heavy (non-hydrogen) atoms. The fourth-order valence-electron chi connectivity index (χ4n) is 1.53. The number of carbonyl (C=O) groups excluding carboxylic acids is 1. The Morgan fingerprint density at radius 3 is 2.61 bits per heavy atom. The van der Waals surface area contributed by atoms with Crippen LogP contribution in [-0.2, 0) is 4.79 Å². The van der Waals surface area contributed by atoms with Crippen molar-refractivity contribution in [1.29, 1.82) is 0 Å². The number of carbonyl (C=O) groups is 1. The lowest BCUT2D eigenvalue weighted by atomic mass is 10.1. The second-order valence-corrected chi connectivity index (χ2v) is 4.20. The summed E-state index contributed by atoms with van der Waals surface area (Å²) in [6.45, 7) is 6.28. The second kappa shape index (κ2) is 6.86. The van der Waals surface area contributed by atoms with Gasteiger partial charge in [0, 0.05) is 6.07 Å². The van der Waals surface area contributed by atoms with Gasteiger partial charge in [0.2, 0.25) is 0 Å². The SMILES string of the molecule is CCOc1cccc(OC(C(=O)NN)C(C)C)c1. The highest BCUT2D eigenvalue weighted by atomic mass is 16.5. The van der Waals surface area contributed by atoms with Crippen LogP contribution in [0.5, 0.6) is 11.5 Å². The van der Waals surface area contributed by atoms with E-state index in [-0.39, 0.29) is 11.8 Å². The van der Waals surface area contributed by atoms with Crippen molar-refractivity contribution < 1.29 is 14.3 Å². The Morgan fingerprint density at radius 1 is 1.39 bits per heavy atom. The van der Waals surface area contributed by atoms with Crippen LogP contribution in [0.3, 0.4) is 0 Å². The maximum atomic E-state index is 11.6. The molecule has 0 spiro atoms. The fraction of sp³-hybridized carbons (Fsp3) is 0.462. The number of hydrogen-bond donors (Lipinski definition) is 2. The molecule has 0 fully saturated rings. The Balaban J connectivity index is 2.80. The lowest BCUT2D eigenvalue weighted by molar-refractivity contribution is -0.129. The van der Waals surface area contributed by atoms with E-state index in [4.69, 9.17) is 15.3 Å². The molecule has 1 rings (SSSR count). The van der Waals surface area contributed by atoms with Gasteiger partial charge >= 0.3 is 0 Å². The first kappa shape index (κ1) is 14.3. The summed E-state index contributed by atoms with van der Waals surface area (Å²) in [5, 5.41) is 0. The molecule has 0 radical (unpaired) electrons. The first-order valence-corrected chi connectivity index (χ1v) is 5.98. The summed E-state index contributed by atoms with van der Waals surface area (Å²) in [6.07, 6.45) is -0.619. The molecule has 1 unspecified atom stereocenters. The average molecular weight is 252 g/mol. The molecular weight excluding hydrogens is 232 g/mol. The molecule has 5 nitrogen and oxygen atoms in total. The zero-order valence-corrected chi connectivity index (χ0v) is 11.0. The number of hydrazine groups is 1. The molecule has 0 aliphatic heterocycles. The third kappa shape index (κ3) is 3.92. The lowest BCUT2D eigenvalue weighted by Crippen LogP contribution is -2.44. The molecule has 5 heteroatoms. The predicted molar refractivity (Wildman–Crippen MR) is 69.2 cm³/mol. The Hall–Kier alpha value is -1.75. The van der Waals surface area contributed by atoms with Gasteiger partial charge in [0.15, 0.2) is 6.10 Å². The van der Waals surface area contributed by atoms with Crippen LogP contribution in [-0.4, -0.2) is 18.6 Å². The minimum absolute atomic E-state index is 0.0179. The Kier molecular flexibility index (Phi) is 5.45. The number of hydrogen-bond acceptors (Lipinski definition) is 4. The van der Waals surface area contributed by atoms with Crippen LogP contribution in [0.2, 0.25) is 0 Å². The van der Waals surface area contributed by atoms with Crippen LogP contribution in [0, 0.1) is 5.92 Å². The molecule has 100 valence electrons. The van der Waals surface area contributed by atoms with E-state index in [2.05, 4.69) is 5.43 Å². The van der Waals surface area contributed by atoms with Gasteiger partial charge in [-0.2, -0.15) is 0 Å². The minimum Gasteiger partial charge on any atom is -0.494 e. The van der Waals surface area contributed by atoms with Crippen molar-refractivity contribution in [3.8, 4) is 11.5 Å². The summed E-state index contributed by atoms with van der Waals surface area (Å²) < 4.78 is 11.0. The third-order valence-corrected chi connectivity index (χ3v) is 2.39. The quantitative estimate of drug-likeness (QED) is 0.457. The van der Waals surface area contributed by atoms with Crippen LogP contribution in [0.1, 0.15) is 20.8 Å². The van der Waals surface area contributed by atoms with Crippen molar-refractivity contribution in [1.82, 2.24) is 5.43 Å². The van der Waals surface area contributed by atoms with Crippen LogP contribution in [0.4, 0.5) is 0 Å². The predicted octanol–water partition coefficient (Wildman–Crippen LogP) is 1.48. The zero-order valence-electron chi connectivity index (χ0n) is 11.0. The van der Waals surface area contributed by atoms with Gasteiger partial charge in [-0.05, 0) is 25.0 Å². The first-order valence-electron chi connectivity index (χ1n) is 5.98. The van der Waals surface area contributed by atoms with Crippen LogP contribution < -0.4 is 20.7 Å². The maximum absolute atomic E-state index is 11.6. The molecule has 0 saturated heterocycles. The average Bonchev–Trinajstić information content (AvgIpc) is 2.35. The molecule has 1 amide bonds. The Labute approximate surface area is 107 Å². The van der Waals surface area contributed by atoms with Crippen molar-refractivity contribution in [3.63, 3.8) is 0 Å². The Morgan fingerprint density at radius 2 is 2.06 bits per heavy atom. The number of ether oxygens (including phenoxy) is 2. The molecule has 0 saturated carbocycles. The number of nitrogens with two attached hydrogens (primary N) is 1. The fourth-order valence-corrected chi connectivity index (χ4v) is 1.53. The number of nitrogens with one attached hydrogen (secondary N) is 1. The summed E-state index contributed by atoms with van der Waals surface area (Å²) in [6, 6.07) is 7.19. The molecule has 0 heterocycles. The highest BCUT2D eigenvalue weighted by molar-refractivity contribution is 5.80. The van der Waals surface area contributed by atoms with E-state index in [1.165, 1.54) is 0 Å². The van der Waals surface area contributed by atoms with E-state index in [0.717, 1.165) is 0 Å². The Bertz CT molecular complexity index is 394. The van der Waals surface area contributed by atoms with Gasteiger partial charge < -0.3 is 9.47 Å². The molecule has 0 aromatic heterocycles. The smallest absolute Gasteiger partial charge is 0.275 e. The molecule has 0 bridgehead atoms. The molecule has 0 aliphatic carbocycles. The molecular formula is C13H20N2O3. The van der Waals surface area contributed by atoms with Gasteiger partial charge in [0.25, 0.3) is 5.91 Å². The van der Waals surface area contributed by atoms with Gasteiger partial charge in [-0.3, -0.25) is 10.2 Å². The van der Waals surface area contributed by atoms with E-state index < -0.39 is 6.10 Å². The summed E-state index contributed by atoms with van der Waals surface area (Å²) in [4.78, 5) is 11.6. The van der Waals surface area contributed by atoms with Crippen LogP contribution in [0.25, 0.3) is 0 Å². The van der Waals surface area contributed by atoms with Gasteiger partial charge in [-0.25, -0.2) is 5.84 Å². The highest BCUT2D eigenvalue weighted by Crippen LogP contribution is 2.22. The maximum Gasteiger partial charge on any atom is 0.275 e. The van der Waals surface area contributed by atoms with Crippen LogP contribution >= 0.6 is 0 Å². The summed E-state index contributed by atoms with van der Waals surface area (Å²) >= 11 is 0. The molecule has 1 atom stereocenters. The second-order valence-electron chi connectivity index (χ2n) is 4.20.